The van der Waals surface area contributed by atoms with Crippen molar-refractivity contribution in [3.05, 3.63) is 66.5 Å². The lowest BCUT2D eigenvalue weighted by molar-refractivity contribution is 0.248. The highest BCUT2D eigenvalue weighted by molar-refractivity contribution is 5.61. The lowest BCUT2D eigenvalue weighted by atomic mass is 10.1. The van der Waals surface area contributed by atoms with E-state index in [0.29, 0.717) is 0 Å². The van der Waals surface area contributed by atoms with Gasteiger partial charge in [-0.25, -0.2) is 9.97 Å². The van der Waals surface area contributed by atoms with Crippen molar-refractivity contribution in [2.24, 2.45) is 0 Å². The van der Waals surface area contributed by atoms with E-state index in [4.69, 9.17) is 9.47 Å². The van der Waals surface area contributed by atoms with Crippen LogP contribution in [0.1, 0.15) is 5.56 Å². The molecule has 1 aliphatic heterocycles. The highest BCUT2D eigenvalue weighted by Gasteiger charge is 2.19. The van der Waals surface area contributed by atoms with E-state index in [-0.39, 0.29) is 0 Å². The highest BCUT2D eigenvalue weighted by Crippen LogP contribution is 2.28. The third kappa shape index (κ3) is 4.49. The third-order valence-electron chi connectivity index (χ3n) is 5.25. The Bertz CT molecular complexity index is 923. The van der Waals surface area contributed by atoms with Crippen molar-refractivity contribution in [2.75, 3.05) is 45.3 Å². The number of aromatic nitrogens is 2. The number of hydrogen-bond acceptors (Lipinski definition) is 6. The topological polar surface area (TPSA) is 50.7 Å². The fourth-order valence-electron chi connectivity index (χ4n) is 3.61. The summed E-state index contributed by atoms with van der Waals surface area (Å²) in [6.07, 6.45) is 3.82. The van der Waals surface area contributed by atoms with Crippen molar-refractivity contribution in [2.45, 2.75) is 6.54 Å². The molecular formula is C23H26N4O2. The first kappa shape index (κ1) is 19.2. The van der Waals surface area contributed by atoms with Crippen LogP contribution in [0.5, 0.6) is 11.5 Å². The number of anilines is 1. The highest BCUT2D eigenvalue weighted by atomic mass is 16.5. The van der Waals surface area contributed by atoms with E-state index in [2.05, 4.69) is 44.0 Å². The van der Waals surface area contributed by atoms with E-state index < -0.39 is 0 Å². The Kier molecular flexibility index (Phi) is 5.91. The molecule has 6 nitrogen and oxygen atoms in total. The van der Waals surface area contributed by atoms with Crippen molar-refractivity contribution < 1.29 is 9.47 Å². The number of hydrogen-bond donors (Lipinski definition) is 0. The Morgan fingerprint density at radius 1 is 0.793 bits per heavy atom. The minimum Gasteiger partial charge on any atom is -0.493 e. The predicted octanol–water partition coefficient (Wildman–Crippen LogP) is 3.48. The number of rotatable bonds is 6. The van der Waals surface area contributed by atoms with Gasteiger partial charge in [0.2, 0.25) is 5.95 Å². The zero-order chi connectivity index (χ0) is 20.1. The summed E-state index contributed by atoms with van der Waals surface area (Å²) in [6, 6.07) is 16.3. The molecule has 4 rings (SSSR count). The smallest absolute Gasteiger partial charge is 0.225 e. The number of methoxy groups -OCH3 is 2. The van der Waals surface area contributed by atoms with Crippen LogP contribution in [0.15, 0.2) is 60.9 Å². The van der Waals surface area contributed by atoms with Crippen molar-refractivity contribution in [3.63, 3.8) is 0 Å². The van der Waals surface area contributed by atoms with Gasteiger partial charge in [0, 0.05) is 50.7 Å². The Morgan fingerprint density at radius 2 is 1.48 bits per heavy atom. The number of benzene rings is 2. The molecule has 0 N–H and O–H groups in total. The van der Waals surface area contributed by atoms with Gasteiger partial charge in [0.25, 0.3) is 0 Å². The molecule has 3 aromatic rings. The number of ether oxygens (including phenoxy) is 2. The molecule has 6 heteroatoms. The maximum Gasteiger partial charge on any atom is 0.225 e. The molecule has 0 amide bonds. The monoisotopic (exact) mass is 390 g/mol. The predicted molar refractivity (Wildman–Crippen MR) is 115 cm³/mol. The fourth-order valence-corrected chi connectivity index (χ4v) is 3.61. The van der Waals surface area contributed by atoms with Gasteiger partial charge < -0.3 is 14.4 Å². The molecule has 1 aromatic heterocycles. The van der Waals surface area contributed by atoms with Gasteiger partial charge in [-0.15, -0.1) is 0 Å². The summed E-state index contributed by atoms with van der Waals surface area (Å²) in [7, 11) is 3.33. The minimum atomic E-state index is 0.761. The van der Waals surface area contributed by atoms with Gasteiger partial charge in [-0.2, -0.15) is 0 Å². The van der Waals surface area contributed by atoms with Crippen LogP contribution in [-0.2, 0) is 6.54 Å². The van der Waals surface area contributed by atoms with E-state index in [0.717, 1.165) is 61.3 Å². The third-order valence-corrected chi connectivity index (χ3v) is 5.25. The molecule has 0 unspecified atom stereocenters. The second kappa shape index (κ2) is 8.92. The lowest BCUT2D eigenvalue weighted by Crippen LogP contribution is -2.46. The summed E-state index contributed by atoms with van der Waals surface area (Å²) in [5.41, 5.74) is 3.40. The van der Waals surface area contributed by atoms with Gasteiger partial charge >= 0.3 is 0 Å². The van der Waals surface area contributed by atoms with Crippen molar-refractivity contribution in [3.8, 4) is 22.6 Å². The van der Waals surface area contributed by atoms with E-state index in [1.54, 1.807) is 14.2 Å². The Morgan fingerprint density at radius 3 is 2.14 bits per heavy atom. The van der Waals surface area contributed by atoms with Crippen LogP contribution in [0.25, 0.3) is 11.1 Å². The lowest BCUT2D eigenvalue weighted by Gasteiger charge is -2.34. The van der Waals surface area contributed by atoms with Crippen LogP contribution in [-0.4, -0.2) is 55.3 Å². The zero-order valence-electron chi connectivity index (χ0n) is 16.9. The number of nitrogens with zero attached hydrogens (tertiary/aromatic N) is 4. The molecule has 1 aliphatic rings. The molecule has 0 bridgehead atoms. The first-order valence-electron chi connectivity index (χ1n) is 9.82. The van der Waals surface area contributed by atoms with Crippen LogP contribution in [0.4, 0.5) is 5.95 Å². The van der Waals surface area contributed by atoms with Gasteiger partial charge in [-0.3, -0.25) is 4.90 Å². The molecule has 1 fully saturated rings. The van der Waals surface area contributed by atoms with Crippen LogP contribution < -0.4 is 14.4 Å². The zero-order valence-corrected chi connectivity index (χ0v) is 16.9. The summed E-state index contributed by atoms with van der Waals surface area (Å²) in [4.78, 5) is 13.9. The Labute approximate surface area is 171 Å². The van der Waals surface area contributed by atoms with Crippen LogP contribution in [0.2, 0.25) is 0 Å². The molecule has 0 atom stereocenters. The van der Waals surface area contributed by atoms with E-state index in [1.165, 1.54) is 5.56 Å². The van der Waals surface area contributed by atoms with Gasteiger partial charge in [-0.05, 0) is 23.3 Å². The standard InChI is InChI=1S/C23H26N4O2/c1-28-21-9-8-18(14-22(21)29-2)17-26-10-12-27(13-11-26)23-24-15-20(16-25-23)19-6-4-3-5-7-19/h3-9,14-16H,10-13,17H2,1-2H3. The molecule has 0 spiro atoms. The van der Waals surface area contributed by atoms with Crippen LogP contribution in [0, 0.1) is 0 Å². The summed E-state index contributed by atoms with van der Waals surface area (Å²) in [6.45, 7) is 4.66. The summed E-state index contributed by atoms with van der Waals surface area (Å²) in [5, 5.41) is 0. The summed E-state index contributed by atoms with van der Waals surface area (Å²) < 4.78 is 10.7. The molecule has 2 heterocycles. The van der Waals surface area contributed by atoms with Crippen molar-refractivity contribution in [1.29, 1.82) is 0 Å². The molecule has 29 heavy (non-hydrogen) atoms. The van der Waals surface area contributed by atoms with Gasteiger partial charge in [0.15, 0.2) is 11.5 Å². The molecule has 2 aromatic carbocycles. The van der Waals surface area contributed by atoms with Crippen molar-refractivity contribution in [1.82, 2.24) is 14.9 Å². The molecule has 0 radical (unpaired) electrons. The Hall–Kier alpha value is -3.12. The molecule has 0 saturated carbocycles. The SMILES string of the molecule is COc1ccc(CN2CCN(c3ncc(-c4ccccc4)cn3)CC2)cc1OC. The first-order valence-corrected chi connectivity index (χ1v) is 9.82. The van der Waals surface area contributed by atoms with Crippen LogP contribution >= 0.6 is 0 Å². The Balaban J connectivity index is 1.35. The normalized spacial score (nSPS) is 14.6. The van der Waals surface area contributed by atoms with Crippen LogP contribution in [0.3, 0.4) is 0 Å². The maximum atomic E-state index is 5.41. The molecule has 1 saturated heterocycles. The summed E-state index contributed by atoms with van der Waals surface area (Å²) in [5.74, 6) is 2.34. The van der Waals surface area contributed by atoms with Gasteiger partial charge in [-0.1, -0.05) is 36.4 Å². The average Bonchev–Trinajstić information content (AvgIpc) is 2.80. The van der Waals surface area contributed by atoms with E-state index >= 15 is 0 Å². The largest absolute Gasteiger partial charge is 0.493 e. The average molecular weight is 390 g/mol. The molecular weight excluding hydrogens is 364 g/mol. The van der Waals surface area contributed by atoms with E-state index in [9.17, 15) is 0 Å². The van der Waals surface area contributed by atoms with Gasteiger partial charge in [0.05, 0.1) is 14.2 Å². The maximum absolute atomic E-state index is 5.41. The second-order valence-electron chi connectivity index (χ2n) is 7.09. The minimum absolute atomic E-state index is 0.761. The van der Waals surface area contributed by atoms with Gasteiger partial charge in [0.1, 0.15) is 0 Å². The first-order chi connectivity index (χ1) is 14.3. The van der Waals surface area contributed by atoms with E-state index in [1.807, 2.05) is 36.7 Å². The summed E-state index contributed by atoms with van der Waals surface area (Å²) >= 11 is 0. The quantitative estimate of drug-likeness (QED) is 0.642. The second-order valence-corrected chi connectivity index (χ2v) is 7.09. The molecule has 0 aliphatic carbocycles. The molecule has 150 valence electrons. The fraction of sp³-hybridized carbons (Fsp3) is 0.304. The number of piperazine rings is 1. The van der Waals surface area contributed by atoms with Crippen molar-refractivity contribution >= 4 is 5.95 Å².